The molecule has 0 amide bonds. The molecule has 3 heteroatoms. The maximum absolute atomic E-state index is 11.5. The summed E-state index contributed by atoms with van der Waals surface area (Å²) in [5, 5.41) is 11.6. The summed E-state index contributed by atoms with van der Waals surface area (Å²) >= 11 is 0. The fourth-order valence-electron chi connectivity index (χ4n) is 2.43. The fourth-order valence-corrected chi connectivity index (χ4v) is 2.43. The minimum atomic E-state index is 0.0602. The summed E-state index contributed by atoms with van der Waals surface area (Å²) in [4.78, 5) is 11.5. The van der Waals surface area contributed by atoms with Crippen LogP contribution in [0.3, 0.4) is 0 Å². The van der Waals surface area contributed by atoms with Crippen molar-refractivity contribution in [3.8, 4) is 0 Å². The van der Waals surface area contributed by atoms with Crippen LogP contribution in [-0.2, 0) is 4.79 Å². The highest BCUT2D eigenvalue weighted by Gasteiger charge is 2.56. The van der Waals surface area contributed by atoms with Gasteiger partial charge in [-0.2, -0.15) is 0 Å². The molecule has 0 spiro atoms. The van der Waals surface area contributed by atoms with Gasteiger partial charge in [-0.1, -0.05) is 19.0 Å². The van der Waals surface area contributed by atoms with Crippen molar-refractivity contribution in [3.63, 3.8) is 0 Å². The molecule has 0 unspecified atom stereocenters. The lowest BCUT2D eigenvalue weighted by molar-refractivity contribution is -0.135. The van der Waals surface area contributed by atoms with Crippen LogP contribution < -0.4 is 0 Å². The van der Waals surface area contributed by atoms with E-state index in [4.69, 9.17) is 5.21 Å². The van der Waals surface area contributed by atoms with Gasteiger partial charge in [0.15, 0.2) is 5.78 Å². The van der Waals surface area contributed by atoms with E-state index in [1.54, 1.807) is 0 Å². The molecule has 3 nitrogen and oxygen atoms in total. The minimum absolute atomic E-state index is 0.0602. The fraction of sp³-hybridized carbons (Fsp3) is 0.778. The molecule has 2 bridgehead atoms. The smallest absolute Gasteiger partial charge is 0.184 e. The lowest BCUT2D eigenvalue weighted by Gasteiger charge is -2.55. The number of carbonyl (C=O) groups is 1. The van der Waals surface area contributed by atoms with E-state index in [0.29, 0.717) is 18.1 Å². The number of fused-ring (bicyclic) bond motifs is 2. The van der Waals surface area contributed by atoms with Crippen molar-refractivity contribution in [2.45, 2.75) is 26.7 Å². The SMILES string of the molecule is CC1(C)[C@H]2C/C(=N/O)C(=O)[C@H]1C2. The average Bonchev–Trinajstić information content (AvgIpc) is 2.03. The van der Waals surface area contributed by atoms with Gasteiger partial charge in [0.1, 0.15) is 5.71 Å². The van der Waals surface area contributed by atoms with Gasteiger partial charge < -0.3 is 5.21 Å². The Labute approximate surface area is 71.5 Å². The summed E-state index contributed by atoms with van der Waals surface area (Å²) in [5.41, 5.74) is 0.529. The molecule has 3 aliphatic carbocycles. The van der Waals surface area contributed by atoms with Crippen LogP contribution in [0.15, 0.2) is 5.16 Å². The lowest BCUT2D eigenvalue weighted by atomic mass is 9.48. The van der Waals surface area contributed by atoms with E-state index in [1.807, 2.05) is 0 Å². The van der Waals surface area contributed by atoms with Crippen LogP contribution in [-0.4, -0.2) is 16.7 Å². The molecule has 3 saturated carbocycles. The molecule has 0 saturated heterocycles. The molecule has 0 aliphatic heterocycles. The van der Waals surface area contributed by atoms with Gasteiger partial charge in [-0.25, -0.2) is 0 Å². The van der Waals surface area contributed by atoms with Gasteiger partial charge in [-0.05, 0) is 24.2 Å². The molecule has 3 aliphatic rings. The summed E-state index contributed by atoms with van der Waals surface area (Å²) in [7, 11) is 0. The Kier molecular flexibility index (Phi) is 1.35. The van der Waals surface area contributed by atoms with E-state index in [0.717, 1.165) is 6.42 Å². The molecule has 3 rings (SSSR count). The van der Waals surface area contributed by atoms with E-state index in [2.05, 4.69) is 19.0 Å². The first-order valence-electron chi connectivity index (χ1n) is 4.32. The Bertz CT molecular complexity index is 268. The van der Waals surface area contributed by atoms with Crippen LogP contribution in [0.4, 0.5) is 0 Å². The van der Waals surface area contributed by atoms with Crippen molar-refractivity contribution in [2.75, 3.05) is 0 Å². The lowest BCUT2D eigenvalue weighted by Crippen LogP contribution is -2.56. The number of nitrogens with zero attached hydrogens (tertiary/aromatic N) is 1. The Morgan fingerprint density at radius 2 is 2.25 bits per heavy atom. The summed E-state index contributed by atoms with van der Waals surface area (Å²) < 4.78 is 0. The summed E-state index contributed by atoms with van der Waals surface area (Å²) in [5.74, 6) is 0.721. The summed E-state index contributed by atoms with van der Waals surface area (Å²) in [6.45, 7) is 4.25. The predicted molar refractivity (Wildman–Crippen MR) is 44.2 cm³/mol. The van der Waals surface area contributed by atoms with Gasteiger partial charge in [0, 0.05) is 5.92 Å². The number of hydrogen-bond acceptors (Lipinski definition) is 3. The van der Waals surface area contributed by atoms with Gasteiger partial charge >= 0.3 is 0 Å². The van der Waals surface area contributed by atoms with Gasteiger partial charge in [0.25, 0.3) is 0 Å². The van der Waals surface area contributed by atoms with Crippen LogP contribution in [0.25, 0.3) is 0 Å². The van der Waals surface area contributed by atoms with Crippen LogP contribution in [0.1, 0.15) is 26.7 Å². The molecule has 0 radical (unpaired) electrons. The normalized spacial score (nSPS) is 41.2. The molecule has 66 valence electrons. The van der Waals surface area contributed by atoms with E-state index in [-0.39, 0.29) is 17.1 Å². The zero-order valence-corrected chi connectivity index (χ0v) is 7.37. The summed E-state index contributed by atoms with van der Waals surface area (Å²) in [6, 6.07) is 0. The van der Waals surface area contributed by atoms with Crippen molar-refractivity contribution < 1.29 is 10.0 Å². The second kappa shape index (κ2) is 2.09. The highest BCUT2D eigenvalue weighted by atomic mass is 16.4. The third-order valence-corrected chi connectivity index (χ3v) is 3.63. The van der Waals surface area contributed by atoms with Crippen LogP contribution in [0, 0.1) is 17.3 Å². The molecule has 0 aromatic rings. The Morgan fingerprint density at radius 1 is 1.58 bits per heavy atom. The molecule has 2 atom stereocenters. The molecule has 12 heavy (non-hydrogen) atoms. The number of rotatable bonds is 0. The van der Waals surface area contributed by atoms with Crippen molar-refractivity contribution in [1.29, 1.82) is 0 Å². The average molecular weight is 167 g/mol. The minimum Gasteiger partial charge on any atom is -0.411 e. The standard InChI is InChI=1S/C9H13NO2/c1-9(2)5-3-6(9)8(11)7(4-5)10-12/h5-6,12H,3-4H2,1-2H3/b10-7-/t5-,6-/m1/s1. The number of hydrogen-bond donors (Lipinski definition) is 1. The molecule has 3 fully saturated rings. The third-order valence-electron chi connectivity index (χ3n) is 3.63. The Morgan fingerprint density at radius 3 is 2.67 bits per heavy atom. The van der Waals surface area contributed by atoms with Crippen molar-refractivity contribution in [1.82, 2.24) is 0 Å². The molecule has 1 N–H and O–H groups in total. The molecule has 0 aromatic carbocycles. The van der Waals surface area contributed by atoms with Gasteiger partial charge in [0.05, 0.1) is 0 Å². The summed E-state index contributed by atoms with van der Waals surface area (Å²) in [6.07, 6.45) is 1.66. The van der Waals surface area contributed by atoms with Crippen LogP contribution in [0.5, 0.6) is 0 Å². The topological polar surface area (TPSA) is 49.7 Å². The first-order valence-corrected chi connectivity index (χ1v) is 4.32. The highest BCUT2D eigenvalue weighted by molar-refractivity contribution is 6.42. The zero-order chi connectivity index (χ0) is 8.93. The van der Waals surface area contributed by atoms with Crippen LogP contribution in [0.2, 0.25) is 0 Å². The predicted octanol–water partition coefficient (Wildman–Crippen LogP) is 1.45. The monoisotopic (exact) mass is 167 g/mol. The van der Waals surface area contributed by atoms with Gasteiger partial charge in [0.2, 0.25) is 0 Å². The quantitative estimate of drug-likeness (QED) is 0.438. The Hall–Kier alpha value is -0.860. The first-order chi connectivity index (χ1) is 5.57. The number of carbonyl (C=O) groups excluding carboxylic acids is 1. The van der Waals surface area contributed by atoms with Crippen molar-refractivity contribution in [2.24, 2.45) is 22.4 Å². The maximum Gasteiger partial charge on any atom is 0.184 e. The second-order valence-corrected chi connectivity index (χ2v) is 4.42. The number of ketones is 1. The van der Waals surface area contributed by atoms with Crippen LogP contribution >= 0.6 is 0 Å². The number of oxime groups is 1. The van der Waals surface area contributed by atoms with Gasteiger partial charge in [-0.15, -0.1) is 0 Å². The molecular weight excluding hydrogens is 154 g/mol. The van der Waals surface area contributed by atoms with Gasteiger partial charge in [-0.3, -0.25) is 4.79 Å². The van der Waals surface area contributed by atoms with Crippen molar-refractivity contribution >= 4 is 11.5 Å². The molecule has 0 heterocycles. The highest BCUT2D eigenvalue weighted by Crippen LogP contribution is 2.56. The maximum atomic E-state index is 11.5. The second-order valence-electron chi connectivity index (χ2n) is 4.42. The van der Waals surface area contributed by atoms with E-state index < -0.39 is 0 Å². The van der Waals surface area contributed by atoms with E-state index in [9.17, 15) is 4.79 Å². The Balaban J connectivity index is 2.28. The van der Waals surface area contributed by atoms with Crippen molar-refractivity contribution in [3.05, 3.63) is 0 Å². The van der Waals surface area contributed by atoms with E-state index in [1.165, 1.54) is 0 Å². The molecule has 0 aromatic heterocycles. The zero-order valence-electron chi connectivity index (χ0n) is 7.37. The number of Topliss-reactive ketones (excluding diaryl/α,β-unsaturated/α-hetero) is 1. The molecular formula is C9H13NO2. The van der Waals surface area contributed by atoms with E-state index >= 15 is 0 Å². The first kappa shape index (κ1) is 7.77. The third kappa shape index (κ3) is 0.713. The largest absolute Gasteiger partial charge is 0.411 e.